The van der Waals surface area contributed by atoms with Gasteiger partial charge in [-0.15, -0.1) is 11.3 Å². The molecule has 7 heteroatoms. The number of nitrogens with one attached hydrogen (secondary N) is 1. The van der Waals surface area contributed by atoms with Crippen LogP contribution in [0, 0.1) is 13.8 Å². The lowest BCUT2D eigenvalue weighted by Crippen LogP contribution is -2.45. The first-order valence-electron chi connectivity index (χ1n) is 6.27. The van der Waals surface area contributed by atoms with E-state index in [0.29, 0.717) is 24.6 Å². The van der Waals surface area contributed by atoms with Crippen LogP contribution in [0.1, 0.15) is 9.75 Å². The summed E-state index contributed by atoms with van der Waals surface area (Å²) in [6, 6.07) is 1.74. The first-order valence-corrected chi connectivity index (χ1v) is 8.52. The van der Waals surface area contributed by atoms with E-state index in [2.05, 4.69) is 5.32 Å². The summed E-state index contributed by atoms with van der Waals surface area (Å²) < 4.78 is 31.9. The summed E-state index contributed by atoms with van der Waals surface area (Å²) in [4.78, 5) is 2.27. The molecule has 1 aromatic heterocycles. The third-order valence-corrected chi connectivity index (χ3v) is 6.19. The predicted octanol–water partition coefficient (Wildman–Crippen LogP) is 0.974. The molecule has 108 valence electrons. The number of likely N-dealkylation sites (N-methyl/N-ethyl adjacent to an activating group) is 1. The molecule has 0 aromatic carbocycles. The van der Waals surface area contributed by atoms with Crippen LogP contribution in [0.4, 0.5) is 0 Å². The average molecular weight is 304 g/mol. The molecule has 1 aliphatic heterocycles. The van der Waals surface area contributed by atoms with Crippen LogP contribution in [0.2, 0.25) is 0 Å². The van der Waals surface area contributed by atoms with Gasteiger partial charge in [0.1, 0.15) is 0 Å². The molecule has 2 heterocycles. The third-order valence-electron chi connectivity index (χ3n) is 3.15. The van der Waals surface area contributed by atoms with E-state index in [1.54, 1.807) is 13.1 Å². The van der Waals surface area contributed by atoms with Gasteiger partial charge in [0.05, 0.1) is 17.6 Å². The Labute approximate surface area is 118 Å². The third kappa shape index (κ3) is 3.35. The number of morpholine rings is 1. The van der Waals surface area contributed by atoms with Crippen LogP contribution in [-0.4, -0.2) is 52.1 Å². The van der Waals surface area contributed by atoms with Gasteiger partial charge in [0.25, 0.3) is 0 Å². The van der Waals surface area contributed by atoms with Crippen molar-refractivity contribution in [1.82, 2.24) is 9.62 Å². The van der Waals surface area contributed by atoms with Gasteiger partial charge in [-0.25, -0.2) is 8.42 Å². The molecule has 2 rings (SSSR count). The van der Waals surface area contributed by atoms with Crippen molar-refractivity contribution in [3.8, 4) is 0 Å². The molecule has 0 bridgehead atoms. The van der Waals surface area contributed by atoms with Gasteiger partial charge in [-0.2, -0.15) is 4.31 Å². The Bertz CT molecular complexity index is 533. The second-order valence-electron chi connectivity index (χ2n) is 4.76. The summed E-state index contributed by atoms with van der Waals surface area (Å²) in [5.74, 6) is 0. The summed E-state index contributed by atoms with van der Waals surface area (Å²) >= 11 is 1.51. The molecule has 0 radical (unpaired) electrons. The molecule has 1 unspecified atom stereocenters. The van der Waals surface area contributed by atoms with Gasteiger partial charge in [0, 0.05) is 36.4 Å². The normalized spacial score (nSPS) is 20.9. The maximum atomic E-state index is 12.5. The van der Waals surface area contributed by atoms with E-state index in [1.807, 2.05) is 13.8 Å². The van der Waals surface area contributed by atoms with Crippen molar-refractivity contribution in [2.24, 2.45) is 0 Å². The number of thiophene rings is 1. The van der Waals surface area contributed by atoms with Crippen molar-refractivity contribution in [3.63, 3.8) is 0 Å². The highest BCUT2D eigenvalue weighted by atomic mass is 32.2. The smallest absolute Gasteiger partial charge is 0.244 e. The second-order valence-corrected chi connectivity index (χ2v) is 8.23. The maximum Gasteiger partial charge on any atom is 0.244 e. The Hall–Kier alpha value is -0.470. The zero-order valence-electron chi connectivity index (χ0n) is 11.5. The summed E-state index contributed by atoms with van der Waals surface area (Å²) in [5, 5.41) is 3.20. The first kappa shape index (κ1) is 14.9. The highest BCUT2D eigenvalue weighted by Crippen LogP contribution is 2.27. The highest BCUT2D eigenvalue weighted by molar-refractivity contribution is 7.89. The van der Waals surface area contributed by atoms with Crippen molar-refractivity contribution >= 4 is 21.4 Å². The molecule has 0 amide bonds. The molecule has 1 fully saturated rings. The number of rotatable bonds is 4. The molecular formula is C12H20N2O3S2. The molecule has 0 saturated carbocycles. The summed E-state index contributed by atoms with van der Waals surface area (Å²) in [6.07, 6.45) is -0.0754. The Kier molecular flexibility index (Phi) is 4.62. The van der Waals surface area contributed by atoms with Crippen LogP contribution >= 0.6 is 11.3 Å². The Morgan fingerprint density at radius 2 is 2.26 bits per heavy atom. The first-order chi connectivity index (χ1) is 8.91. The number of sulfonamides is 1. The number of aryl methyl sites for hydroxylation is 2. The van der Waals surface area contributed by atoms with E-state index in [-0.39, 0.29) is 6.10 Å². The van der Waals surface area contributed by atoms with E-state index < -0.39 is 10.0 Å². The van der Waals surface area contributed by atoms with Crippen molar-refractivity contribution in [2.45, 2.75) is 24.8 Å². The maximum absolute atomic E-state index is 12.5. The Morgan fingerprint density at radius 3 is 2.79 bits per heavy atom. The van der Waals surface area contributed by atoms with Gasteiger partial charge in [-0.3, -0.25) is 0 Å². The van der Waals surface area contributed by atoms with Crippen molar-refractivity contribution in [2.75, 3.05) is 33.3 Å². The predicted molar refractivity (Wildman–Crippen MR) is 76.2 cm³/mol. The highest BCUT2D eigenvalue weighted by Gasteiger charge is 2.27. The summed E-state index contributed by atoms with van der Waals surface area (Å²) in [5.41, 5.74) is 0. The number of hydrogen-bond donors (Lipinski definition) is 1. The standard InChI is InChI=1S/C12H20N2O3S2/c1-9-6-12(10(2)18-9)19(15,16)14(3)8-11-7-13-4-5-17-11/h6,11,13H,4-5,7-8H2,1-3H3. The SMILES string of the molecule is Cc1cc(S(=O)(=O)N(C)CC2CNCCO2)c(C)s1. The van der Waals surface area contributed by atoms with Crippen molar-refractivity contribution in [3.05, 3.63) is 15.8 Å². The fraction of sp³-hybridized carbons (Fsp3) is 0.667. The monoisotopic (exact) mass is 304 g/mol. The van der Waals surface area contributed by atoms with Gasteiger partial charge in [-0.1, -0.05) is 0 Å². The molecule has 1 N–H and O–H groups in total. The lowest BCUT2D eigenvalue weighted by Gasteiger charge is -2.27. The number of nitrogens with zero attached hydrogens (tertiary/aromatic N) is 1. The second kappa shape index (κ2) is 5.88. The number of hydrogen-bond acceptors (Lipinski definition) is 5. The molecule has 0 aliphatic carbocycles. The Morgan fingerprint density at radius 1 is 1.53 bits per heavy atom. The van der Waals surface area contributed by atoms with E-state index >= 15 is 0 Å². The van der Waals surface area contributed by atoms with Crippen molar-refractivity contribution in [1.29, 1.82) is 0 Å². The minimum Gasteiger partial charge on any atom is -0.374 e. The fourth-order valence-electron chi connectivity index (χ4n) is 2.15. The minimum atomic E-state index is -3.41. The van der Waals surface area contributed by atoms with Crippen LogP contribution in [-0.2, 0) is 14.8 Å². The molecule has 1 saturated heterocycles. The largest absolute Gasteiger partial charge is 0.374 e. The van der Waals surface area contributed by atoms with Gasteiger partial charge in [0.2, 0.25) is 10.0 Å². The summed E-state index contributed by atoms with van der Waals surface area (Å²) in [7, 11) is -1.80. The molecule has 19 heavy (non-hydrogen) atoms. The van der Waals surface area contributed by atoms with E-state index in [1.165, 1.54) is 15.6 Å². The molecule has 1 aromatic rings. The lowest BCUT2D eigenvalue weighted by molar-refractivity contribution is 0.0206. The van der Waals surface area contributed by atoms with Crippen LogP contribution < -0.4 is 5.32 Å². The van der Waals surface area contributed by atoms with Crippen LogP contribution in [0.3, 0.4) is 0 Å². The van der Waals surface area contributed by atoms with Crippen LogP contribution in [0.25, 0.3) is 0 Å². The quantitative estimate of drug-likeness (QED) is 0.901. The van der Waals surface area contributed by atoms with Gasteiger partial charge in [-0.05, 0) is 19.9 Å². The zero-order chi connectivity index (χ0) is 14.0. The fourth-order valence-corrected chi connectivity index (χ4v) is 4.88. The van der Waals surface area contributed by atoms with E-state index in [9.17, 15) is 8.42 Å². The molecule has 1 atom stereocenters. The molecular weight excluding hydrogens is 284 g/mol. The topological polar surface area (TPSA) is 58.6 Å². The van der Waals surface area contributed by atoms with Gasteiger partial charge >= 0.3 is 0 Å². The van der Waals surface area contributed by atoms with Gasteiger partial charge < -0.3 is 10.1 Å². The van der Waals surface area contributed by atoms with Crippen LogP contribution in [0.5, 0.6) is 0 Å². The molecule has 1 aliphatic rings. The Balaban J connectivity index is 2.12. The van der Waals surface area contributed by atoms with E-state index in [4.69, 9.17) is 4.74 Å². The van der Waals surface area contributed by atoms with Crippen LogP contribution in [0.15, 0.2) is 11.0 Å². The van der Waals surface area contributed by atoms with Crippen molar-refractivity contribution < 1.29 is 13.2 Å². The average Bonchev–Trinajstić information content (AvgIpc) is 2.70. The summed E-state index contributed by atoms with van der Waals surface area (Å²) in [6.45, 7) is 6.30. The molecule has 5 nitrogen and oxygen atoms in total. The zero-order valence-corrected chi connectivity index (χ0v) is 13.1. The van der Waals surface area contributed by atoms with E-state index in [0.717, 1.165) is 16.3 Å². The number of ether oxygens (including phenoxy) is 1. The lowest BCUT2D eigenvalue weighted by atomic mass is 10.3. The minimum absolute atomic E-state index is 0.0754. The van der Waals surface area contributed by atoms with Gasteiger partial charge in [0.15, 0.2) is 0 Å². The molecule has 0 spiro atoms.